The molecule has 0 bridgehead atoms. The summed E-state index contributed by atoms with van der Waals surface area (Å²) in [6.45, 7) is 11.6. The molecule has 1 aromatic carbocycles. The van der Waals surface area contributed by atoms with E-state index in [1.807, 2.05) is 7.05 Å². The van der Waals surface area contributed by atoms with Gasteiger partial charge >= 0.3 is 0 Å². The zero-order chi connectivity index (χ0) is 20.3. The second-order valence-corrected chi connectivity index (χ2v) is 8.91. The molecule has 0 amide bonds. The van der Waals surface area contributed by atoms with Crippen molar-refractivity contribution in [1.82, 2.24) is 20.4 Å². The second-order valence-electron chi connectivity index (χ2n) is 8.91. The third kappa shape index (κ3) is 7.98. The number of rotatable bonds is 9. The maximum absolute atomic E-state index is 4.36. The van der Waals surface area contributed by atoms with Crippen molar-refractivity contribution in [3.8, 4) is 0 Å². The molecule has 0 radical (unpaired) electrons. The molecule has 0 aromatic heterocycles. The maximum atomic E-state index is 4.36. The van der Waals surface area contributed by atoms with Crippen molar-refractivity contribution in [2.75, 3.05) is 46.3 Å². The number of piperidine rings is 1. The molecule has 3 rings (SSSR count). The normalized spacial score (nSPS) is 21.4. The summed E-state index contributed by atoms with van der Waals surface area (Å²) in [6, 6.07) is 9.02. The van der Waals surface area contributed by atoms with Gasteiger partial charge in [0.2, 0.25) is 0 Å². The predicted molar refractivity (Wildman–Crippen MR) is 123 cm³/mol. The first-order valence-corrected chi connectivity index (χ1v) is 11.7. The van der Waals surface area contributed by atoms with Crippen molar-refractivity contribution in [1.29, 1.82) is 0 Å². The molecular weight excluding hydrogens is 358 g/mol. The van der Waals surface area contributed by atoms with Crippen molar-refractivity contribution < 1.29 is 0 Å². The number of unbranched alkanes of at least 4 members (excludes halogenated alkanes) is 1. The predicted octanol–water partition coefficient (Wildman–Crippen LogP) is 3.46. The molecule has 2 saturated heterocycles. The summed E-state index contributed by atoms with van der Waals surface area (Å²) >= 11 is 0. The summed E-state index contributed by atoms with van der Waals surface area (Å²) < 4.78 is 0. The van der Waals surface area contributed by atoms with Gasteiger partial charge in [-0.1, -0.05) is 31.2 Å². The third-order valence-corrected chi connectivity index (χ3v) is 6.25. The van der Waals surface area contributed by atoms with E-state index in [1.165, 1.54) is 82.4 Å². The van der Waals surface area contributed by atoms with E-state index in [4.69, 9.17) is 0 Å². The van der Waals surface area contributed by atoms with Crippen molar-refractivity contribution in [3.63, 3.8) is 0 Å². The van der Waals surface area contributed by atoms with E-state index in [9.17, 15) is 0 Å². The van der Waals surface area contributed by atoms with Crippen LogP contribution in [0.5, 0.6) is 0 Å². The minimum Gasteiger partial charge on any atom is -0.356 e. The summed E-state index contributed by atoms with van der Waals surface area (Å²) in [5, 5.41) is 6.90. The van der Waals surface area contributed by atoms with Crippen LogP contribution in [0.2, 0.25) is 0 Å². The number of hydrogen-bond acceptors (Lipinski definition) is 3. The van der Waals surface area contributed by atoms with Crippen LogP contribution in [0.25, 0.3) is 0 Å². The molecule has 1 atom stereocenters. The highest BCUT2D eigenvalue weighted by molar-refractivity contribution is 5.79. The summed E-state index contributed by atoms with van der Waals surface area (Å²) in [4.78, 5) is 9.54. The van der Waals surface area contributed by atoms with E-state index in [0.29, 0.717) is 0 Å². The fourth-order valence-corrected chi connectivity index (χ4v) is 4.52. The summed E-state index contributed by atoms with van der Waals surface area (Å²) in [5.74, 6) is 1.77. The molecule has 29 heavy (non-hydrogen) atoms. The molecule has 0 spiro atoms. The van der Waals surface area contributed by atoms with Gasteiger partial charge in [0.25, 0.3) is 0 Å². The Bertz CT molecular complexity index is 606. The molecule has 2 N–H and O–H groups in total. The van der Waals surface area contributed by atoms with E-state index in [0.717, 1.165) is 31.5 Å². The van der Waals surface area contributed by atoms with Gasteiger partial charge in [0.05, 0.1) is 0 Å². The standard InChI is InChI=1S/C24H41N5/c1-21-8-7-17-28(19-21)14-4-3-13-26-24(25-2)27-18-22-9-11-23(12-10-22)20-29-15-5-6-16-29/h9-12,21H,3-8,13-20H2,1-2H3,(H2,25,26,27). The second kappa shape index (κ2) is 12.2. The number of hydrogen-bond donors (Lipinski definition) is 2. The lowest BCUT2D eigenvalue weighted by Gasteiger charge is -2.30. The average Bonchev–Trinajstić information content (AvgIpc) is 3.24. The number of likely N-dealkylation sites (tertiary alicyclic amines) is 2. The quantitative estimate of drug-likeness (QED) is 0.379. The smallest absolute Gasteiger partial charge is 0.191 e. The average molecular weight is 400 g/mol. The van der Waals surface area contributed by atoms with Gasteiger partial charge in [-0.15, -0.1) is 0 Å². The largest absolute Gasteiger partial charge is 0.356 e. The number of nitrogens with one attached hydrogen (secondary N) is 2. The van der Waals surface area contributed by atoms with Crippen LogP contribution in [0.4, 0.5) is 0 Å². The topological polar surface area (TPSA) is 42.9 Å². The van der Waals surface area contributed by atoms with Crippen molar-refractivity contribution in [3.05, 3.63) is 35.4 Å². The fraction of sp³-hybridized carbons (Fsp3) is 0.708. The minimum absolute atomic E-state index is 0.815. The monoisotopic (exact) mass is 399 g/mol. The fourth-order valence-electron chi connectivity index (χ4n) is 4.52. The summed E-state index contributed by atoms with van der Waals surface area (Å²) in [6.07, 6.45) is 7.93. The Morgan fingerprint density at radius 1 is 0.966 bits per heavy atom. The minimum atomic E-state index is 0.815. The van der Waals surface area contributed by atoms with Crippen molar-refractivity contribution in [2.45, 2.75) is 58.5 Å². The van der Waals surface area contributed by atoms with Gasteiger partial charge in [-0.05, 0) is 81.7 Å². The molecule has 1 unspecified atom stereocenters. The number of guanidine groups is 1. The van der Waals surface area contributed by atoms with Crippen LogP contribution in [0.15, 0.2) is 29.3 Å². The first-order chi connectivity index (χ1) is 14.2. The van der Waals surface area contributed by atoms with E-state index in [2.05, 4.69) is 56.6 Å². The molecule has 2 fully saturated rings. The van der Waals surface area contributed by atoms with Crippen molar-refractivity contribution >= 4 is 5.96 Å². The molecule has 5 heteroatoms. The molecule has 2 heterocycles. The van der Waals surface area contributed by atoms with E-state index in [1.54, 1.807) is 0 Å². The van der Waals surface area contributed by atoms with Crippen LogP contribution in [-0.4, -0.2) is 62.1 Å². The van der Waals surface area contributed by atoms with Crippen LogP contribution < -0.4 is 10.6 Å². The number of aliphatic imine (C=N–C) groups is 1. The van der Waals surface area contributed by atoms with Gasteiger partial charge in [0, 0.05) is 33.2 Å². The Kier molecular flexibility index (Phi) is 9.29. The van der Waals surface area contributed by atoms with Gasteiger partial charge in [0.1, 0.15) is 0 Å². The molecule has 1 aromatic rings. The van der Waals surface area contributed by atoms with Gasteiger partial charge in [-0.2, -0.15) is 0 Å². The van der Waals surface area contributed by atoms with E-state index >= 15 is 0 Å². The van der Waals surface area contributed by atoms with E-state index < -0.39 is 0 Å². The lowest BCUT2D eigenvalue weighted by atomic mass is 10.0. The molecule has 0 aliphatic carbocycles. The van der Waals surface area contributed by atoms with E-state index in [-0.39, 0.29) is 0 Å². The Hall–Kier alpha value is -1.59. The highest BCUT2D eigenvalue weighted by atomic mass is 15.2. The zero-order valence-electron chi connectivity index (χ0n) is 18.6. The summed E-state index contributed by atoms with van der Waals surface area (Å²) in [5.41, 5.74) is 2.72. The Morgan fingerprint density at radius 3 is 2.41 bits per heavy atom. The molecule has 2 aliphatic rings. The maximum Gasteiger partial charge on any atom is 0.191 e. The zero-order valence-corrected chi connectivity index (χ0v) is 18.6. The molecular formula is C24H41N5. The highest BCUT2D eigenvalue weighted by Crippen LogP contribution is 2.15. The SMILES string of the molecule is CN=C(NCCCCN1CCCC(C)C1)NCc1ccc(CN2CCCC2)cc1. The van der Waals surface area contributed by atoms with Gasteiger partial charge in [-0.3, -0.25) is 9.89 Å². The van der Waals surface area contributed by atoms with Crippen LogP contribution >= 0.6 is 0 Å². The van der Waals surface area contributed by atoms with Crippen LogP contribution in [0, 0.1) is 5.92 Å². The van der Waals surface area contributed by atoms with Crippen molar-refractivity contribution in [2.24, 2.45) is 10.9 Å². The number of benzene rings is 1. The first-order valence-electron chi connectivity index (χ1n) is 11.7. The van der Waals surface area contributed by atoms with Crippen LogP contribution in [-0.2, 0) is 13.1 Å². The molecule has 0 saturated carbocycles. The first kappa shape index (κ1) is 22.1. The van der Waals surface area contributed by atoms with Gasteiger partial charge in [0.15, 0.2) is 5.96 Å². The lowest BCUT2D eigenvalue weighted by Crippen LogP contribution is -2.38. The van der Waals surface area contributed by atoms with Crippen LogP contribution in [0.1, 0.15) is 56.6 Å². The Balaban J connectivity index is 1.28. The van der Waals surface area contributed by atoms with Gasteiger partial charge in [-0.25, -0.2) is 0 Å². The molecule has 162 valence electrons. The Morgan fingerprint density at radius 2 is 1.69 bits per heavy atom. The lowest BCUT2D eigenvalue weighted by molar-refractivity contribution is 0.181. The van der Waals surface area contributed by atoms with Crippen LogP contribution in [0.3, 0.4) is 0 Å². The molecule has 5 nitrogen and oxygen atoms in total. The number of nitrogens with zero attached hydrogens (tertiary/aromatic N) is 3. The van der Waals surface area contributed by atoms with Gasteiger partial charge < -0.3 is 15.5 Å². The highest BCUT2D eigenvalue weighted by Gasteiger charge is 2.15. The summed E-state index contributed by atoms with van der Waals surface area (Å²) in [7, 11) is 1.85. The molecule has 2 aliphatic heterocycles. The Labute approximate surface area is 178 Å². The third-order valence-electron chi connectivity index (χ3n) is 6.25.